The number of hydrogen-bond donors (Lipinski definition) is 2. The van der Waals surface area contributed by atoms with E-state index in [2.05, 4.69) is 74.5 Å². The first-order valence-electron chi connectivity index (χ1n) is 12.4. The fourth-order valence-corrected chi connectivity index (χ4v) is 7.06. The molecule has 7 rings (SSSR count). The molecule has 0 bridgehead atoms. The Labute approximate surface area is 218 Å². The molecule has 7 aromatic rings. The molecule has 0 radical (unpaired) electrons. The minimum absolute atomic E-state index is 0.289. The largest absolute Gasteiger partial charge is 0.508 e. The molecule has 2 nitrogen and oxygen atoms in total. The second kappa shape index (κ2) is 8.09. The predicted molar refractivity (Wildman–Crippen MR) is 158 cm³/mol. The van der Waals surface area contributed by atoms with Crippen LogP contribution in [0.3, 0.4) is 0 Å². The van der Waals surface area contributed by atoms with Crippen LogP contribution in [0.2, 0.25) is 0 Å². The summed E-state index contributed by atoms with van der Waals surface area (Å²) >= 11 is 1.83. The number of aryl methyl sites for hydroxylation is 2. The summed E-state index contributed by atoms with van der Waals surface area (Å²) in [7, 11) is 0. The van der Waals surface area contributed by atoms with Gasteiger partial charge < -0.3 is 10.2 Å². The number of thiophene rings is 1. The highest BCUT2D eigenvalue weighted by atomic mass is 32.1. The van der Waals surface area contributed by atoms with Crippen molar-refractivity contribution in [3.63, 3.8) is 0 Å². The lowest BCUT2D eigenvalue weighted by Crippen LogP contribution is -1.87. The van der Waals surface area contributed by atoms with E-state index >= 15 is 0 Å². The van der Waals surface area contributed by atoms with Gasteiger partial charge in [-0.2, -0.15) is 0 Å². The maximum Gasteiger partial charge on any atom is 0.115 e. The van der Waals surface area contributed by atoms with E-state index in [4.69, 9.17) is 0 Å². The van der Waals surface area contributed by atoms with E-state index in [9.17, 15) is 10.2 Å². The zero-order chi connectivity index (χ0) is 25.3. The molecule has 2 N–H and O–H groups in total. The normalized spacial score (nSPS) is 11.7. The van der Waals surface area contributed by atoms with Crippen molar-refractivity contribution in [3.05, 3.63) is 108 Å². The predicted octanol–water partition coefficient (Wildman–Crippen LogP) is 9.72. The lowest BCUT2D eigenvalue weighted by molar-refractivity contribution is 0.474. The number of fused-ring (bicyclic) bond motifs is 7. The van der Waals surface area contributed by atoms with Crippen LogP contribution in [0, 0.1) is 13.8 Å². The topological polar surface area (TPSA) is 40.5 Å². The van der Waals surface area contributed by atoms with Crippen LogP contribution in [-0.4, -0.2) is 10.2 Å². The van der Waals surface area contributed by atoms with Crippen molar-refractivity contribution in [2.75, 3.05) is 0 Å². The van der Waals surface area contributed by atoms with Gasteiger partial charge in [-0.15, -0.1) is 11.3 Å². The third-order valence-corrected chi connectivity index (χ3v) is 8.57. The Morgan fingerprint density at radius 3 is 1.27 bits per heavy atom. The maximum absolute atomic E-state index is 10.0. The average Bonchev–Trinajstić information content (AvgIpc) is 3.27. The van der Waals surface area contributed by atoms with Gasteiger partial charge in [-0.25, -0.2) is 0 Å². The Kier molecular flexibility index (Phi) is 4.79. The first-order valence-corrected chi connectivity index (χ1v) is 13.2. The Morgan fingerprint density at radius 2 is 0.865 bits per heavy atom. The van der Waals surface area contributed by atoms with Gasteiger partial charge in [0, 0.05) is 20.2 Å². The first-order chi connectivity index (χ1) is 18.0. The van der Waals surface area contributed by atoms with Crippen molar-refractivity contribution in [1.29, 1.82) is 0 Å². The molecular weight excluding hydrogens is 472 g/mol. The molecule has 0 saturated carbocycles. The van der Waals surface area contributed by atoms with E-state index in [0.717, 1.165) is 22.3 Å². The van der Waals surface area contributed by atoms with Crippen molar-refractivity contribution in [2.45, 2.75) is 13.8 Å². The van der Waals surface area contributed by atoms with Gasteiger partial charge in [-0.05, 0) is 105 Å². The summed E-state index contributed by atoms with van der Waals surface area (Å²) in [5.41, 5.74) is 6.76. The standard InChI is InChI=1S/C34H24O2S/c1-19-15-21(35)11-13-23(19)29-17-31-33(27-9-5-3-7-25(27)29)34-28-10-6-4-8-26(28)30(18-32(34)37-31)24-14-12-22(36)16-20(24)2/h3-18,35-36H,1-2H3. The third kappa shape index (κ3) is 3.32. The number of phenolic OH excluding ortho intramolecular Hbond substituents is 2. The van der Waals surface area contributed by atoms with Crippen molar-refractivity contribution >= 4 is 53.1 Å². The van der Waals surface area contributed by atoms with Gasteiger partial charge in [0.05, 0.1) is 0 Å². The van der Waals surface area contributed by atoms with Crippen LogP contribution in [0.4, 0.5) is 0 Å². The molecule has 0 aliphatic carbocycles. The zero-order valence-electron chi connectivity index (χ0n) is 20.5. The van der Waals surface area contributed by atoms with Crippen molar-refractivity contribution in [2.24, 2.45) is 0 Å². The SMILES string of the molecule is Cc1cc(O)ccc1-c1cc2sc3cc(-c4ccc(O)cc4C)c4ccccc4c3c2c2ccccc12. The van der Waals surface area contributed by atoms with Crippen LogP contribution < -0.4 is 0 Å². The minimum Gasteiger partial charge on any atom is -0.508 e. The quantitative estimate of drug-likeness (QED) is 0.250. The molecule has 0 spiro atoms. The summed E-state index contributed by atoms with van der Waals surface area (Å²) in [4.78, 5) is 0. The summed E-state index contributed by atoms with van der Waals surface area (Å²) in [6, 6.07) is 33.2. The number of hydrogen-bond acceptors (Lipinski definition) is 3. The van der Waals surface area contributed by atoms with Crippen LogP contribution >= 0.6 is 11.3 Å². The van der Waals surface area contributed by atoms with Crippen LogP contribution in [0.1, 0.15) is 11.1 Å². The summed E-state index contributed by atoms with van der Waals surface area (Å²) in [6.45, 7) is 4.11. The van der Waals surface area contributed by atoms with Gasteiger partial charge in [-0.3, -0.25) is 0 Å². The fourth-order valence-electron chi connectivity index (χ4n) is 5.84. The second-order valence-corrected chi connectivity index (χ2v) is 10.9. The molecule has 0 amide bonds. The van der Waals surface area contributed by atoms with E-state index in [0.29, 0.717) is 0 Å². The minimum atomic E-state index is 0.289. The molecule has 0 atom stereocenters. The molecule has 3 heteroatoms. The van der Waals surface area contributed by atoms with Crippen LogP contribution in [0.15, 0.2) is 97.1 Å². The first kappa shape index (κ1) is 21.9. The molecule has 1 aromatic heterocycles. The van der Waals surface area contributed by atoms with Gasteiger partial charge >= 0.3 is 0 Å². The molecule has 0 unspecified atom stereocenters. The Hall–Kier alpha value is -4.34. The smallest absolute Gasteiger partial charge is 0.115 e. The van der Waals surface area contributed by atoms with Crippen LogP contribution in [-0.2, 0) is 0 Å². The zero-order valence-corrected chi connectivity index (χ0v) is 21.4. The number of phenols is 2. The van der Waals surface area contributed by atoms with Crippen LogP contribution in [0.25, 0.3) is 64.0 Å². The van der Waals surface area contributed by atoms with Crippen molar-refractivity contribution in [3.8, 4) is 33.8 Å². The summed E-state index contributed by atoms with van der Waals surface area (Å²) in [5.74, 6) is 0.578. The monoisotopic (exact) mass is 496 g/mol. The summed E-state index contributed by atoms with van der Waals surface area (Å²) in [5, 5.41) is 27.5. The van der Waals surface area contributed by atoms with E-state index in [-0.39, 0.29) is 11.5 Å². The van der Waals surface area contributed by atoms with Gasteiger partial charge in [0.2, 0.25) is 0 Å². The lowest BCUT2D eigenvalue weighted by Gasteiger charge is -2.13. The Balaban J connectivity index is 1.64. The highest BCUT2D eigenvalue weighted by molar-refractivity contribution is 7.26. The van der Waals surface area contributed by atoms with Gasteiger partial charge in [-0.1, -0.05) is 60.7 Å². The summed E-state index contributed by atoms with van der Waals surface area (Å²) < 4.78 is 2.50. The van der Waals surface area contributed by atoms with Gasteiger partial charge in [0.25, 0.3) is 0 Å². The van der Waals surface area contributed by atoms with Crippen LogP contribution in [0.5, 0.6) is 11.5 Å². The number of aromatic hydroxyl groups is 2. The highest BCUT2D eigenvalue weighted by Crippen LogP contribution is 2.48. The molecular formula is C34H24O2S. The molecule has 1 heterocycles. The molecule has 6 aromatic carbocycles. The number of benzene rings is 6. The van der Waals surface area contributed by atoms with Gasteiger partial charge in [0.1, 0.15) is 11.5 Å². The van der Waals surface area contributed by atoms with E-state index in [1.54, 1.807) is 12.1 Å². The van der Waals surface area contributed by atoms with E-state index < -0.39 is 0 Å². The van der Waals surface area contributed by atoms with Crippen molar-refractivity contribution in [1.82, 2.24) is 0 Å². The van der Waals surface area contributed by atoms with E-state index in [1.807, 2.05) is 35.6 Å². The summed E-state index contributed by atoms with van der Waals surface area (Å²) in [6.07, 6.45) is 0. The second-order valence-electron chi connectivity index (χ2n) is 9.79. The molecule has 0 fully saturated rings. The van der Waals surface area contributed by atoms with E-state index in [1.165, 1.54) is 52.8 Å². The Morgan fingerprint density at radius 1 is 0.459 bits per heavy atom. The fraction of sp³-hybridized carbons (Fsp3) is 0.0588. The Bertz CT molecular complexity index is 1890. The third-order valence-electron chi connectivity index (χ3n) is 7.49. The molecule has 0 aliphatic heterocycles. The highest BCUT2D eigenvalue weighted by Gasteiger charge is 2.18. The molecule has 0 saturated heterocycles. The average molecular weight is 497 g/mol. The van der Waals surface area contributed by atoms with Crippen molar-refractivity contribution < 1.29 is 10.2 Å². The lowest BCUT2D eigenvalue weighted by atomic mass is 9.90. The number of rotatable bonds is 2. The molecule has 37 heavy (non-hydrogen) atoms. The molecule has 178 valence electrons. The maximum atomic E-state index is 10.0. The molecule has 0 aliphatic rings. The van der Waals surface area contributed by atoms with Gasteiger partial charge in [0.15, 0.2) is 0 Å².